The van der Waals surface area contributed by atoms with E-state index in [0.29, 0.717) is 11.0 Å². The molecule has 0 saturated carbocycles. The van der Waals surface area contributed by atoms with Crippen LogP contribution in [0.2, 0.25) is 0 Å². The molecular formula is C8H5BrFNO. The highest BCUT2D eigenvalue weighted by Crippen LogP contribution is 2.25. The van der Waals surface area contributed by atoms with Crippen LogP contribution in [-0.4, -0.2) is 5.91 Å². The predicted octanol–water partition coefficient (Wildman–Crippen LogP) is 1.83. The zero-order valence-corrected chi connectivity index (χ0v) is 7.61. The number of hydrogen-bond donors (Lipinski definition) is 1. The number of benzene rings is 1. The van der Waals surface area contributed by atoms with Crippen molar-refractivity contribution in [2.24, 2.45) is 0 Å². The summed E-state index contributed by atoms with van der Waals surface area (Å²) in [7, 11) is 0. The maximum atomic E-state index is 13.2. The topological polar surface area (TPSA) is 29.1 Å². The van der Waals surface area contributed by atoms with Crippen LogP contribution in [-0.2, 0) is 6.54 Å². The molecule has 0 aliphatic carbocycles. The molecule has 0 bridgehead atoms. The van der Waals surface area contributed by atoms with Gasteiger partial charge in [0.05, 0.1) is 10.0 Å². The lowest BCUT2D eigenvalue weighted by Crippen LogP contribution is -2.13. The second-order valence-corrected chi connectivity index (χ2v) is 3.43. The lowest BCUT2D eigenvalue weighted by Gasteiger charge is -1.98. The summed E-state index contributed by atoms with van der Waals surface area (Å²) in [5.41, 5.74) is 0.894. The molecule has 12 heavy (non-hydrogen) atoms. The third-order valence-corrected chi connectivity index (χ3v) is 2.46. The predicted molar refractivity (Wildman–Crippen MR) is 45.3 cm³/mol. The third kappa shape index (κ3) is 0.948. The van der Waals surface area contributed by atoms with Gasteiger partial charge in [0.25, 0.3) is 5.91 Å². The number of fused-ring (bicyclic) bond motifs is 1. The van der Waals surface area contributed by atoms with Crippen molar-refractivity contribution in [3.05, 3.63) is 33.5 Å². The summed E-state index contributed by atoms with van der Waals surface area (Å²) < 4.78 is 13.6. The van der Waals surface area contributed by atoms with Crippen molar-refractivity contribution < 1.29 is 9.18 Å². The van der Waals surface area contributed by atoms with Gasteiger partial charge in [0.2, 0.25) is 0 Å². The summed E-state index contributed by atoms with van der Waals surface area (Å²) in [5, 5.41) is 2.55. The van der Waals surface area contributed by atoms with E-state index >= 15 is 0 Å². The molecule has 62 valence electrons. The van der Waals surface area contributed by atoms with Crippen molar-refractivity contribution in [1.29, 1.82) is 0 Å². The number of rotatable bonds is 0. The molecule has 0 spiro atoms. The van der Waals surface area contributed by atoms with E-state index in [2.05, 4.69) is 21.2 Å². The Bertz CT molecular complexity index is 364. The molecule has 0 fully saturated rings. The molecule has 2 rings (SSSR count). The number of nitrogens with one attached hydrogen (secondary N) is 1. The molecule has 2 nitrogen and oxygen atoms in total. The van der Waals surface area contributed by atoms with E-state index in [1.807, 2.05) is 0 Å². The highest BCUT2D eigenvalue weighted by atomic mass is 79.9. The van der Waals surface area contributed by atoms with Gasteiger partial charge in [0, 0.05) is 6.54 Å². The van der Waals surface area contributed by atoms with Crippen LogP contribution in [0.25, 0.3) is 0 Å². The largest absolute Gasteiger partial charge is 0.348 e. The Morgan fingerprint density at radius 1 is 1.50 bits per heavy atom. The zero-order valence-electron chi connectivity index (χ0n) is 6.03. The quantitative estimate of drug-likeness (QED) is 0.723. The van der Waals surface area contributed by atoms with E-state index in [9.17, 15) is 9.18 Å². The summed E-state index contributed by atoms with van der Waals surface area (Å²) in [6, 6.07) is 3.34. The Hall–Kier alpha value is -0.900. The Morgan fingerprint density at radius 2 is 2.25 bits per heavy atom. The van der Waals surface area contributed by atoms with Crippen LogP contribution in [0.1, 0.15) is 15.9 Å². The zero-order chi connectivity index (χ0) is 8.72. The van der Waals surface area contributed by atoms with Crippen molar-refractivity contribution in [2.45, 2.75) is 6.54 Å². The SMILES string of the molecule is O=C1NCc2ccc(Br)c(F)c21. The normalized spacial score (nSPS) is 14.3. The van der Waals surface area contributed by atoms with Crippen LogP contribution < -0.4 is 5.32 Å². The molecule has 0 radical (unpaired) electrons. The lowest BCUT2D eigenvalue weighted by atomic mass is 10.1. The van der Waals surface area contributed by atoms with Gasteiger partial charge in [0.15, 0.2) is 0 Å². The molecule has 0 saturated heterocycles. The second-order valence-electron chi connectivity index (χ2n) is 2.58. The van der Waals surface area contributed by atoms with Crippen LogP contribution in [0.4, 0.5) is 4.39 Å². The van der Waals surface area contributed by atoms with Gasteiger partial charge in [-0.25, -0.2) is 4.39 Å². The first kappa shape index (κ1) is 7.73. The first-order valence-electron chi connectivity index (χ1n) is 3.45. The Labute approximate surface area is 76.9 Å². The lowest BCUT2D eigenvalue weighted by molar-refractivity contribution is 0.0962. The van der Waals surface area contributed by atoms with Crippen LogP contribution in [0, 0.1) is 5.82 Å². The van der Waals surface area contributed by atoms with Crippen molar-refractivity contribution >= 4 is 21.8 Å². The van der Waals surface area contributed by atoms with Gasteiger partial charge in [-0.15, -0.1) is 0 Å². The molecule has 1 N–H and O–H groups in total. The van der Waals surface area contributed by atoms with E-state index in [4.69, 9.17) is 0 Å². The van der Waals surface area contributed by atoms with E-state index in [1.54, 1.807) is 12.1 Å². The van der Waals surface area contributed by atoms with Crippen LogP contribution in [0.15, 0.2) is 16.6 Å². The average molecular weight is 230 g/mol. The third-order valence-electron chi connectivity index (χ3n) is 1.85. The van der Waals surface area contributed by atoms with E-state index in [1.165, 1.54) is 0 Å². The molecule has 1 heterocycles. The summed E-state index contributed by atoms with van der Waals surface area (Å²) in [5.74, 6) is -0.800. The Balaban J connectivity index is 2.71. The fraction of sp³-hybridized carbons (Fsp3) is 0.125. The highest BCUT2D eigenvalue weighted by Gasteiger charge is 2.23. The number of amides is 1. The summed E-state index contributed by atoms with van der Waals surface area (Å²) >= 11 is 3.02. The van der Waals surface area contributed by atoms with Gasteiger partial charge in [0.1, 0.15) is 5.82 Å². The van der Waals surface area contributed by atoms with Gasteiger partial charge in [-0.05, 0) is 27.6 Å². The molecule has 0 atom stereocenters. The average Bonchev–Trinajstić information content (AvgIpc) is 2.41. The minimum absolute atomic E-state index is 0.171. The summed E-state index contributed by atoms with van der Waals surface area (Å²) in [6.45, 7) is 0.429. The Kier molecular flexibility index (Phi) is 1.65. The molecule has 1 aliphatic heterocycles. The minimum Gasteiger partial charge on any atom is -0.348 e. The van der Waals surface area contributed by atoms with Gasteiger partial charge < -0.3 is 5.32 Å². The van der Waals surface area contributed by atoms with E-state index in [-0.39, 0.29) is 11.5 Å². The fourth-order valence-electron chi connectivity index (χ4n) is 1.25. The number of carbonyl (C=O) groups is 1. The molecule has 4 heteroatoms. The summed E-state index contributed by atoms with van der Waals surface area (Å²) in [4.78, 5) is 11.1. The highest BCUT2D eigenvalue weighted by molar-refractivity contribution is 9.10. The maximum Gasteiger partial charge on any atom is 0.254 e. The molecular weight excluding hydrogens is 225 g/mol. The molecule has 1 aromatic carbocycles. The number of carbonyl (C=O) groups excluding carboxylic acids is 1. The standard InChI is InChI=1S/C8H5BrFNO/c9-5-2-1-4-3-11-8(12)6(4)7(5)10/h1-2H,3H2,(H,11,12). The second kappa shape index (κ2) is 2.55. The van der Waals surface area contributed by atoms with Crippen molar-refractivity contribution in [3.63, 3.8) is 0 Å². The van der Waals surface area contributed by atoms with Crippen LogP contribution in [0.5, 0.6) is 0 Å². The van der Waals surface area contributed by atoms with Crippen molar-refractivity contribution in [1.82, 2.24) is 5.32 Å². The first-order chi connectivity index (χ1) is 5.70. The van der Waals surface area contributed by atoms with Gasteiger partial charge in [-0.2, -0.15) is 0 Å². The number of hydrogen-bond acceptors (Lipinski definition) is 1. The molecule has 0 unspecified atom stereocenters. The molecule has 1 aromatic rings. The monoisotopic (exact) mass is 229 g/mol. The number of halogens is 2. The van der Waals surface area contributed by atoms with Crippen LogP contribution >= 0.6 is 15.9 Å². The fourth-order valence-corrected chi connectivity index (χ4v) is 1.58. The molecule has 1 amide bonds. The van der Waals surface area contributed by atoms with Crippen LogP contribution in [0.3, 0.4) is 0 Å². The first-order valence-corrected chi connectivity index (χ1v) is 4.24. The summed E-state index contributed by atoms with van der Waals surface area (Å²) in [6.07, 6.45) is 0. The van der Waals surface area contributed by atoms with E-state index in [0.717, 1.165) is 5.56 Å². The van der Waals surface area contributed by atoms with Gasteiger partial charge in [-0.1, -0.05) is 6.07 Å². The molecule has 0 aromatic heterocycles. The van der Waals surface area contributed by atoms with Crippen molar-refractivity contribution in [3.8, 4) is 0 Å². The Morgan fingerprint density at radius 3 is 3.00 bits per heavy atom. The maximum absolute atomic E-state index is 13.2. The molecule has 1 aliphatic rings. The van der Waals surface area contributed by atoms with Gasteiger partial charge >= 0.3 is 0 Å². The van der Waals surface area contributed by atoms with Gasteiger partial charge in [-0.3, -0.25) is 4.79 Å². The van der Waals surface area contributed by atoms with E-state index < -0.39 is 5.82 Å². The smallest absolute Gasteiger partial charge is 0.254 e. The minimum atomic E-state index is -0.470. The van der Waals surface area contributed by atoms with Crippen molar-refractivity contribution in [2.75, 3.05) is 0 Å².